The summed E-state index contributed by atoms with van der Waals surface area (Å²) in [5.74, 6) is -2.17. The van der Waals surface area contributed by atoms with E-state index in [1.165, 1.54) is 31.4 Å². The summed E-state index contributed by atoms with van der Waals surface area (Å²) in [6, 6.07) is 6.06. The first-order valence-electron chi connectivity index (χ1n) is 5.21. The van der Waals surface area contributed by atoms with Gasteiger partial charge in [-0.25, -0.2) is 4.79 Å². The zero-order chi connectivity index (χ0) is 13.5. The molecule has 0 aliphatic rings. The van der Waals surface area contributed by atoms with Crippen molar-refractivity contribution in [2.75, 3.05) is 12.4 Å². The minimum Gasteiger partial charge on any atom is -0.550 e. The minimum atomic E-state index is -1.27. The molecule has 1 rings (SSSR count). The van der Waals surface area contributed by atoms with Crippen LogP contribution < -0.4 is 10.4 Å². The first kappa shape index (κ1) is 13.7. The molecule has 1 aromatic carbocycles. The Labute approximate surface area is 104 Å². The Morgan fingerprint density at radius 2 is 1.78 bits per heavy atom. The van der Waals surface area contributed by atoms with Crippen LogP contribution in [0.1, 0.15) is 23.2 Å². The Bertz CT molecular complexity index is 452. The number of carbonyl (C=O) groups excluding carboxylic acids is 3. The van der Waals surface area contributed by atoms with E-state index in [1.54, 1.807) is 0 Å². The quantitative estimate of drug-likeness (QED) is 0.739. The number of benzene rings is 1. The summed E-state index contributed by atoms with van der Waals surface area (Å²) in [5.41, 5.74) is 0.844. The molecule has 0 unspecified atom stereocenters. The Kier molecular flexibility index (Phi) is 4.86. The maximum Gasteiger partial charge on any atom is 0.337 e. The average Bonchev–Trinajstić information content (AvgIpc) is 2.36. The largest absolute Gasteiger partial charge is 0.550 e. The predicted molar refractivity (Wildman–Crippen MR) is 60.7 cm³/mol. The molecule has 0 bridgehead atoms. The topological polar surface area (TPSA) is 95.5 Å². The first-order valence-corrected chi connectivity index (χ1v) is 5.21. The summed E-state index contributed by atoms with van der Waals surface area (Å²) >= 11 is 0. The van der Waals surface area contributed by atoms with Crippen LogP contribution in [0.4, 0.5) is 5.69 Å². The number of ether oxygens (including phenoxy) is 1. The Morgan fingerprint density at radius 3 is 2.28 bits per heavy atom. The molecule has 1 aromatic rings. The molecule has 1 amide bonds. The summed E-state index contributed by atoms with van der Waals surface area (Å²) in [4.78, 5) is 32.6. The van der Waals surface area contributed by atoms with Gasteiger partial charge < -0.3 is 20.0 Å². The molecule has 0 heterocycles. The van der Waals surface area contributed by atoms with E-state index in [1.807, 2.05) is 0 Å². The lowest BCUT2D eigenvalue weighted by atomic mass is 10.2. The normalized spacial score (nSPS) is 9.61. The van der Waals surface area contributed by atoms with Crippen LogP contribution in [-0.2, 0) is 14.3 Å². The highest BCUT2D eigenvalue weighted by Gasteiger charge is 2.06. The van der Waals surface area contributed by atoms with Crippen molar-refractivity contribution >= 4 is 23.5 Å². The second-order valence-corrected chi connectivity index (χ2v) is 3.49. The molecule has 0 saturated heterocycles. The van der Waals surface area contributed by atoms with Crippen molar-refractivity contribution in [3.05, 3.63) is 29.8 Å². The molecule has 96 valence electrons. The summed E-state index contributed by atoms with van der Waals surface area (Å²) in [7, 11) is 1.28. The Balaban J connectivity index is 2.55. The summed E-state index contributed by atoms with van der Waals surface area (Å²) in [5, 5.41) is 12.7. The number of carboxylic acids is 1. The smallest absolute Gasteiger partial charge is 0.337 e. The molecule has 0 atom stereocenters. The number of methoxy groups -OCH3 is 1. The van der Waals surface area contributed by atoms with Crippen LogP contribution in [0, 0.1) is 0 Å². The molecule has 0 fully saturated rings. The summed E-state index contributed by atoms with van der Waals surface area (Å²) in [6.45, 7) is 0. The van der Waals surface area contributed by atoms with Crippen LogP contribution in [0.25, 0.3) is 0 Å². The third kappa shape index (κ3) is 4.25. The zero-order valence-corrected chi connectivity index (χ0v) is 9.76. The van der Waals surface area contributed by atoms with Crippen LogP contribution in [0.2, 0.25) is 0 Å². The van der Waals surface area contributed by atoms with E-state index in [2.05, 4.69) is 10.1 Å². The van der Waals surface area contributed by atoms with Gasteiger partial charge in [0.2, 0.25) is 5.91 Å². The van der Waals surface area contributed by atoms with Crippen molar-refractivity contribution in [1.82, 2.24) is 0 Å². The molecule has 0 aromatic heterocycles. The van der Waals surface area contributed by atoms with Crippen LogP contribution in [0.3, 0.4) is 0 Å². The third-order valence-electron chi connectivity index (χ3n) is 2.15. The lowest BCUT2D eigenvalue weighted by Crippen LogP contribution is -2.24. The van der Waals surface area contributed by atoms with Gasteiger partial charge in [-0.2, -0.15) is 0 Å². The maximum absolute atomic E-state index is 11.3. The van der Waals surface area contributed by atoms with Gasteiger partial charge in [-0.15, -0.1) is 0 Å². The zero-order valence-electron chi connectivity index (χ0n) is 9.76. The van der Waals surface area contributed by atoms with E-state index in [-0.39, 0.29) is 12.8 Å². The molecule has 0 aliphatic carbocycles. The molecule has 0 spiro atoms. The standard InChI is InChI=1S/C12H13NO5/c1-18-12(17)8-2-4-9(5-3-8)13-10(14)6-7-11(15)16/h2-5H,6-7H2,1H3,(H,13,14)(H,15,16)/p-1. The Morgan fingerprint density at radius 1 is 1.17 bits per heavy atom. The van der Waals surface area contributed by atoms with E-state index >= 15 is 0 Å². The summed E-state index contributed by atoms with van der Waals surface area (Å²) in [6.07, 6.45) is -0.479. The van der Waals surface area contributed by atoms with Crippen LogP contribution >= 0.6 is 0 Å². The van der Waals surface area contributed by atoms with Crippen LogP contribution in [0.5, 0.6) is 0 Å². The van der Waals surface area contributed by atoms with Gasteiger partial charge in [-0.05, 0) is 30.7 Å². The van der Waals surface area contributed by atoms with Gasteiger partial charge in [0, 0.05) is 18.1 Å². The number of anilines is 1. The average molecular weight is 250 g/mol. The third-order valence-corrected chi connectivity index (χ3v) is 2.15. The van der Waals surface area contributed by atoms with Gasteiger partial charge in [0.25, 0.3) is 0 Å². The fourth-order valence-corrected chi connectivity index (χ4v) is 1.25. The van der Waals surface area contributed by atoms with Crippen molar-refractivity contribution in [2.24, 2.45) is 0 Å². The number of carboxylic acid groups (broad SMARTS) is 1. The number of rotatable bonds is 5. The van der Waals surface area contributed by atoms with Crippen molar-refractivity contribution in [3.63, 3.8) is 0 Å². The second kappa shape index (κ2) is 6.39. The number of esters is 1. The molecular formula is C12H12NO5-. The van der Waals surface area contributed by atoms with E-state index in [9.17, 15) is 19.5 Å². The minimum absolute atomic E-state index is 0.152. The van der Waals surface area contributed by atoms with E-state index < -0.39 is 17.8 Å². The van der Waals surface area contributed by atoms with E-state index in [0.717, 1.165) is 0 Å². The van der Waals surface area contributed by atoms with Crippen LogP contribution in [-0.4, -0.2) is 25.0 Å². The number of nitrogens with one attached hydrogen (secondary N) is 1. The molecule has 0 radical (unpaired) electrons. The van der Waals surface area contributed by atoms with Gasteiger partial charge in [-0.3, -0.25) is 4.79 Å². The molecule has 6 nitrogen and oxygen atoms in total. The predicted octanol–water partition coefficient (Wildman–Crippen LogP) is -0.0582. The van der Waals surface area contributed by atoms with Crippen LogP contribution in [0.15, 0.2) is 24.3 Å². The van der Waals surface area contributed by atoms with Gasteiger partial charge in [0.1, 0.15) is 0 Å². The number of carbonyl (C=O) groups is 3. The SMILES string of the molecule is COC(=O)c1ccc(NC(=O)CCC(=O)[O-])cc1. The van der Waals surface area contributed by atoms with Gasteiger partial charge >= 0.3 is 5.97 Å². The summed E-state index contributed by atoms with van der Waals surface area (Å²) < 4.78 is 4.52. The van der Waals surface area contributed by atoms with E-state index in [4.69, 9.17) is 0 Å². The number of amides is 1. The second-order valence-electron chi connectivity index (χ2n) is 3.49. The highest BCUT2D eigenvalue weighted by molar-refractivity contribution is 5.93. The van der Waals surface area contributed by atoms with Gasteiger partial charge in [0.05, 0.1) is 12.7 Å². The van der Waals surface area contributed by atoms with Gasteiger partial charge in [-0.1, -0.05) is 0 Å². The number of aliphatic carboxylic acids is 1. The fourth-order valence-electron chi connectivity index (χ4n) is 1.25. The lowest BCUT2D eigenvalue weighted by molar-refractivity contribution is -0.305. The monoisotopic (exact) mass is 250 g/mol. The molecule has 6 heteroatoms. The Hall–Kier alpha value is -2.37. The molecular weight excluding hydrogens is 238 g/mol. The van der Waals surface area contributed by atoms with Crippen molar-refractivity contribution in [2.45, 2.75) is 12.8 Å². The fraction of sp³-hybridized carbons (Fsp3) is 0.250. The van der Waals surface area contributed by atoms with Crippen molar-refractivity contribution in [1.29, 1.82) is 0 Å². The lowest BCUT2D eigenvalue weighted by Gasteiger charge is -2.06. The number of hydrogen-bond donors (Lipinski definition) is 1. The van der Waals surface area contributed by atoms with Gasteiger partial charge in [0.15, 0.2) is 0 Å². The van der Waals surface area contributed by atoms with Crippen molar-refractivity contribution < 1.29 is 24.2 Å². The van der Waals surface area contributed by atoms with Crippen molar-refractivity contribution in [3.8, 4) is 0 Å². The highest BCUT2D eigenvalue weighted by Crippen LogP contribution is 2.10. The molecule has 18 heavy (non-hydrogen) atoms. The first-order chi connectivity index (χ1) is 8.52. The number of hydrogen-bond acceptors (Lipinski definition) is 5. The molecule has 1 N–H and O–H groups in total. The molecule has 0 saturated carbocycles. The maximum atomic E-state index is 11.3. The van der Waals surface area contributed by atoms with E-state index in [0.29, 0.717) is 11.3 Å². The molecule has 0 aliphatic heterocycles. The highest BCUT2D eigenvalue weighted by atomic mass is 16.5.